The van der Waals surface area contributed by atoms with Gasteiger partial charge in [-0.25, -0.2) is 9.78 Å². The number of methoxy groups -OCH3 is 1. The summed E-state index contributed by atoms with van der Waals surface area (Å²) in [6, 6.07) is 0. The number of thiazole rings is 1. The third kappa shape index (κ3) is 2.05. The lowest BCUT2D eigenvalue weighted by atomic mass is 10.1. The Labute approximate surface area is 89.4 Å². The predicted octanol–water partition coefficient (Wildman–Crippen LogP) is -0.490. The highest BCUT2D eigenvalue weighted by molar-refractivity contribution is 7.07. The Morgan fingerprint density at radius 2 is 2.53 bits per heavy atom. The number of rotatable bonds is 4. The van der Waals surface area contributed by atoms with Crippen LogP contribution in [0.5, 0.6) is 0 Å². The fourth-order valence-corrected chi connectivity index (χ4v) is 1.64. The Morgan fingerprint density at radius 3 is 2.87 bits per heavy atom. The number of nitrogens with one attached hydrogen (secondary N) is 2. The van der Waals surface area contributed by atoms with Crippen molar-refractivity contribution in [2.45, 2.75) is 5.72 Å². The number of guanidine groups is 1. The minimum atomic E-state index is -1.90. The molecule has 0 aliphatic carbocycles. The number of hydrogen-bond acceptors (Lipinski definition) is 5. The van der Waals surface area contributed by atoms with Crippen LogP contribution in [0.2, 0.25) is 0 Å². The van der Waals surface area contributed by atoms with E-state index in [9.17, 15) is 4.79 Å². The summed E-state index contributed by atoms with van der Waals surface area (Å²) in [5.74, 6) is -1.82. The van der Waals surface area contributed by atoms with E-state index in [1.807, 2.05) is 0 Å². The van der Waals surface area contributed by atoms with Gasteiger partial charge < -0.3 is 20.9 Å². The molecule has 1 atom stereocenters. The first kappa shape index (κ1) is 11.4. The third-order valence-corrected chi connectivity index (χ3v) is 2.30. The fourth-order valence-electron chi connectivity index (χ4n) is 1.05. The highest BCUT2D eigenvalue weighted by Crippen LogP contribution is 2.22. The van der Waals surface area contributed by atoms with Crippen molar-refractivity contribution in [1.82, 2.24) is 10.3 Å². The van der Waals surface area contributed by atoms with Crippen LogP contribution in [-0.2, 0) is 15.3 Å². The van der Waals surface area contributed by atoms with E-state index in [0.717, 1.165) is 0 Å². The highest BCUT2D eigenvalue weighted by atomic mass is 32.1. The number of aliphatic carboxylic acids is 1. The molecule has 8 heteroatoms. The van der Waals surface area contributed by atoms with Crippen LogP contribution in [0.4, 0.5) is 0 Å². The molecule has 1 aromatic heterocycles. The molecular weight excluding hydrogens is 220 g/mol. The molecule has 0 amide bonds. The lowest BCUT2D eigenvalue weighted by Crippen LogP contribution is -2.55. The van der Waals surface area contributed by atoms with Gasteiger partial charge in [-0.3, -0.25) is 5.41 Å². The van der Waals surface area contributed by atoms with Crippen LogP contribution in [0.1, 0.15) is 5.69 Å². The number of ether oxygens (including phenoxy) is 1. The van der Waals surface area contributed by atoms with Gasteiger partial charge in [-0.2, -0.15) is 0 Å². The molecule has 0 aliphatic rings. The number of carboxylic acids is 1. The van der Waals surface area contributed by atoms with Crippen molar-refractivity contribution in [2.24, 2.45) is 5.73 Å². The minimum Gasteiger partial charge on any atom is -0.477 e. The van der Waals surface area contributed by atoms with Gasteiger partial charge in [0, 0.05) is 12.5 Å². The maximum absolute atomic E-state index is 11.1. The minimum absolute atomic E-state index is 0.151. The van der Waals surface area contributed by atoms with Crippen LogP contribution >= 0.6 is 11.3 Å². The Morgan fingerprint density at radius 1 is 1.87 bits per heavy atom. The summed E-state index contributed by atoms with van der Waals surface area (Å²) in [6.45, 7) is 0. The third-order valence-electron chi connectivity index (χ3n) is 1.71. The number of nitrogens with zero attached hydrogens (tertiary/aromatic N) is 1. The second-order valence-corrected chi connectivity index (χ2v) is 3.32. The molecule has 7 nitrogen and oxygen atoms in total. The lowest BCUT2D eigenvalue weighted by Gasteiger charge is -2.26. The van der Waals surface area contributed by atoms with E-state index in [2.05, 4.69) is 10.3 Å². The van der Waals surface area contributed by atoms with Crippen molar-refractivity contribution in [3.05, 3.63) is 16.6 Å². The highest BCUT2D eigenvalue weighted by Gasteiger charge is 2.43. The molecule has 1 heterocycles. The molecule has 0 spiro atoms. The van der Waals surface area contributed by atoms with Gasteiger partial charge in [-0.05, 0) is 0 Å². The van der Waals surface area contributed by atoms with Crippen LogP contribution in [0.15, 0.2) is 10.9 Å². The van der Waals surface area contributed by atoms with E-state index in [1.165, 1.54) is 29.3 Å². The largest absolute Gasteiger partial charge is 0.477 e. The number of hydrogen-bond donors (Lipinski definition) is 4. The Balaban J connectivity index is 3.15. The van der Waals surface area contributed by atoms with Gasteiger partial charge in [0.25, 0.3) is 5.72 Å². The summed E-state index contributed by atoms with van der Waals surface area (Å²) in [5, 5.41) is 19.9. The normalized spacial score (nSPS) is 14.2. The van der Waals surface area contributed by atoms with E-state index in [4.69, 9.17) is 21.0 Å². The molecular formula is C7H10N4O3S. The number of carbonyl (C=O) groups is 1. The van der Waals surface area contributed by atoms with Crippen LogP contribution in [0.3, 0.4) is 0 Å². The van der Waals surface area contributed by atoms with E-state index >= 15 is 0 Å². The monoisotopic (exact) mass is 230 g/mol. The summed E-state index contributed by atoms with van der Waals surface area (Å²) in [6.07, 6.45) is 0. The van der Waals surface area contributed by atoms with Crippen molar-refractivity contribution in [1.29, 1.82) is 5.41 Å². The maximum Gasteiger partial charge on any atom is 0.364 e. The smallest absolute Gasteiger partial charge is 0.364 e. The quantitative estimate of drug-likeness (QED) is 0.314. The molecule has 0 radical (unpaired) electrons. The van der Waals surface area contributed by atoms with Gasteiger partial charge in [-0.15, -0.1) is 11.3 Å². The molecule has 0 saturated heterocycles. The summed E-state index contributed by atoms with van der Waals surface area (Å²) in [4.78, 5) is 14.9. The Bertz CT molecular complexity index is 366. The fraction of sp³-hybridized carbons (Fsp3) is 0.286. The molecule has 0 aromatic carbocycles. The maximum atomic E-state index is 11.1. The molecule has 0 saturated carbocycles. The van der Waals surface area contributed by atoms with Crippen molar-refractivity contribution in [3.8, 4) is 0 Å². The van der Waals surface area contributed by atoms with Gasteiger partial charge in [0.05, 0.1) is 5.51 Å². The zero-order valence-electron chi connectivity index (χ0n) is 7.85. The molecule has 0 aliphatic heterocycles. The van der Waals surface area contributed by atoms with Gasteiger partial charge >= 0.3 is 5.97 Å². The molecule has 0 fully saturated rings. The summed E-state index contributed by atoms with van der Waals surface area (Å²) >= 11 is 1.22. The number of carboxylic acid groups (broad SMARTS) is 1. The summed E-state index contributed by atoms with van der Waals surface area (Å²) in [7, 11) is 1.20. The topological polar surface area (TPSA) is 121 Å². The molecule has 15 heavy (non-hydrogen) atoms. The zero-order valence-corrected chi connectivity index (χ0v) is 8.67. The van der Waals surface area contributed by atoms with Gasteiger partial charge in [0.15, 0.2) is 5.96 Å². The molecule has 0 bridgehead atoms. The molecule has 1 rings (SSSR count). The second-order valence-electron chi connectivity index (χ2n) is 2.60. The van der Waals surface area contributed by atoms with Crippen molar-refractivity contribution >= 4 is 23.3 Å². The van der Waals surface area contributed by atoms with Gasteiger partial charge in [0.2, 0.25) is 0 Å². The average Bonchev–Trinajstić information content (AvgIpc) is 2.66. The van der Waals surface area contributed by atoms with E-state index in [-0.39, 0.29) is 5.69 Å². The van der Waals surface area contributed by atoms with Crippen LogP contribution in [0.25, 0.3) is 0 Å². The van der Waals surface area contributed by atoms with Crippen molar-refractivity contribution in [3.63, 3.8) is 0 Å². The number of aromatic nitrogens is 1. The first-order valence-electron chi connectivity index (χ1n) is 3.82. The summed E-state index contributed by atoms with van der Waals surface area (Å²) < 4.78 is 4.87. The Kier molecular flexibility index (Phi) is 3.22. The standard InChI is InChI=1S/C7H10N4O3S/c1-14-7(5(12)13,11-6(8)9)4-2-15-3-10-4/h2-3H,1H3,(H,12,13)(H4,8,9,11). The van der Waals surface area contributed by atoms with E-state index in [1.54, 1.807) is 0 Å². The Hall–Kier alpha value is -1.67. The summed E-state index contributed by atoms with van der Waals surface area (Å²) in [5.41, 5.74) is 4.82. The molecule has 1 aromatic rings. The van der Waals surface area contributed by atoms with Crippen LogP contribution in [-0.4, -0.2) is 29.1 Å². The van der Waals surface area contributed by atoms with Crippen LogP contribution < -0.4 is 11.1 Å². The van der Waals surface area contributed by atoms with Crippen LogP contribution in [0, 0.1) is 5.41 Å². The van der Waals surface area contributed by atoms with E-state index < -0.39 is 17.7 Å². The number of nitrogens with two attached hydrogens (primary N) is 1. The molecule has 82 valence electrons. The first-order chi connectivity index (χ1) is 7.03. The first-order valence-corrected chi connectivity index (χ1v) is 4.76. The molecule has 1 unspecified atom stereocenters. The zero-order chi connectivity index (χ0) is 11.5. The SMILES string of the molecule is COC(NC(=N)N)(C(=O)O)c1cscn1. The van der Waals surface area contributed by atoms with Crippen molar-refractivity contribution in [2.75, 3.05) is 7.11 Å². The van der Waals surface area contributed by atoms with Gasteiger partial charge in [-0.1, -0.05) is 0 Å². The second kappa shape index (κ2) is 4.24. The predicted molar refractivity (Wildman–Crippen MR) is 53.5 cm³/mol. The lowest BCUT2D eigenvalue weighted by molar-refractivity contribution is -0.166. The average molecular weight is 230 g/mol. The van der Waals surface area contributed by atoms with Crippen molar-refractivity contribution < 1.29 is 14.6 Å². The van der Waals surface area contributed by atoms with Gasteiger partial charge in [0.1, 0.15) is 5.69 Å². The molecule has 5 N–H and O–H groups in total. The van der Waals surface area contributed by atoms with E-state index in [0.29, 0.717) is 0 Å².